The molecule has 0 spiro atoms. The van der Waals surface area contributed by atoms with Crippen LogP contribution in [0.15, 0.2) is 186 Å². The highest BCUT2D eigenvalue weighted by atomic mass is 16.3. The summed E-state index contributed by atoms with van der Waals surface area (Å²) >= 11 is 0. The normalized spacial score (nSPS) is 16.0. The van der Waals surface area contributed by atoms with Gasteiger partial charge in [-0.1, -0.05) is 163 Å². The van der Waals surface area contributed by atoms with E-state index in [0.717, 1.165) is 38.3 Å². The van der Waals surface area contributed by atoms with Gasteiger partial charge in [-0.2, -0.15) is 0 Å². The van der Waals surface area contributed by atoms with Crippen LogP contribution in [0.1, 0.15) is 20.6 Å². The summed E-state index contributed by atoms with van der Waals surface area (Å²) in [6, 6.07) is 18.8. The first-order valence-electron chi connectivity index (χ1n) is 23.9. The fourth-order valence-corrected chi connectivity index (χ4v) is 7.64. The third-order valence-electron chi connectivity index (χ3n) is 9.79. The number of hydrogen-bond acceptors (Lipinski definition) is 1. The summed E-state index contributed by atoms with van der Waals surface area (Å²) in [7, 11) is 0. The zero-order valence-corrected chi connectivity index (χ0v) is 26.6. The second-order valence-corrected chi connectivity index (χ2v) is 12.4. The van der Waals surface area contributed by atoms with Gasteiger partial charge in [-0.3, -0.25) is 0 Å². The van der Waals surface area contributed by atoms with Crippen molar-refractivity contribution >= 4 is 75.8 Å². The Kier molecular flexibility index (Phi) is 3.70. The van der Waals surface area contributed by atoms with Crippen molar-refractivity contribution in [3.8, 4) is 33.4 Å². The highest BCUT2D eigenvalue weighted by Gasteiger charge is 2.20. The van der Waals surface area contributed by atoms with Gasteiger partial charge >= 0.3 is 0 Å². The van der Waals surface area contributed by atoms with Crippen LogP contribution in [-0.4, -0.2) is 0 Å². The van der Waals surface area contributed by atoms with Gasteiger partial charge in [0.05, 0.1) is 20.6 Å². The van der Waals surface area contributed by atoms with Crippen molar-refractivity contribution in [1.29, 1.82) is 0 Å². The number of rotatable bonds is 3. The largest absolute Gasteiger partial charge is 0.456 e. The number of furan rings is 1. The monoisotopic (exact) mass is 661 g/mol. The average molecular weight is 662 g/mol. The highest BCUT2D eigenvalue weighted by Crippen LogP contribution is 2.47. The van der Waals surface area contributed by atoms with Gasteiger partial charge in [-0.05, 0) is 105 Å². The lowest BCUT2D eigenvalue weighted by Crippen LogP contribution is -1.92. The molecule has 0 N–H and O–H groups in total. The van der Waals surface area contributed by atoms with Crippen LogP contribution in [0, 0.1) is 0 Å². The average Bonchev–Trinajstić information content (AvgIpc) is 3.72. The molecule has 0 saturated heterocycles. The summed E-state index contributed by atoms with van der Waals surface area (Å²) in [4.78, 5) is 0. The van der Waals surface area contributed by atoms with Gasteiger partial charge in [0.25, 0.3) is 0 Å². The van der Waals surface area contributed by atoms with E-state index in [1.165, 1.54) is 0 Å². The minimum atomic E-state index is -0.758. The SMILES string of the molecule is [2H]c1c([2H])c([2H])c2c(-c3c4c([2H])c([2H])c([2H])c([2H])c4c(-c4cccc5cc(-c6cccc7oc8ccc9ccccc9c8c67)ccc45)c4c([2H])c([2H])c([2H])c([2H])c34)c([2H])c([2H])c([2H])c2c1[2H]. The molecule has 11 aromatic rings. The molecular formula is C50H30O. The van der Waals surface area contributed by atoms with Crippen molar-refractivity contribution in [2.75, 3.05) is 0 Å². The fraction of sp³-hybridized carbons (Fsp3) is 0. The first-order valence-corrected chi connectivity index (χ1v) is 16.4. The van der Waals surface area contributed by atoms with Gasteiger partial charge in [0.2, 0.25) is 0 Å². The van der Waals surface area contributed by atoms with E-state index in [1.54, 1.807) is 12.1 Å². The van der Waals surface area contributed by atoms with E-state index in [1.807, 2.05) is 72.8 Å². The molecule has 10 aromatic carbocycles. The molecule has 51 heavy (non-hydrogen) atoms. The number of fused-ring (bicyclic) bond motifs is 9. The molecule has 0 fully saturated rings. The predicted octanol–water partition coefficient (Wildman–Crippen LogP) is 14.4. The van der Waals surface area contributed by atoms with E-state index < -0.39 is 107 Å². The van der Waals surface area contributed by atoms with Crippen molar-refractivity contribution in [1.82, 2.24) is 0 Å². The molecule has 0 unspecified atom stereocenters. The molecule has 236 valence electrons. The van der Waals surface area contributed by atoms with E-state index in [-0.39, 0.29) is 32.7 Å². The van der Waals surface area contributed by atoms with Gasteiger partial charge in [-0.25, -0.2) is 0 Å². The number of hydrogen-bond donors (Lipinski definition) is 0. The van der Waals surface area contributed by atoms with Gasteiger partial charge in [-0.15, -0.1) is 0 Å². The van der Waals surface area contributed by atoms with Crippen molar-refractivity contribution in [3.63, 3.8) is 0 Å². The Bertz CT molecular complexity index is 3970. The molecule has 0 radical (unpaired) electrons. The molecule has 0 saturated carbocycles. The highest BCUT2D eigenvalue weighted by molar-refractivity contribution is 6.26. The molecule has 1 heteroatoms. The lowest BCUT2D eigenvalue weighted by atomic mass is 9.83. The quantitative estimate of drug-likeness (QED) is 0.172. The van der Waals surface area contributed by atoms with Crippen LogP contribution in [0.3, 0.4) is 0 Å². The third kappa shape index (κ3) is 4.16. The minimum absolute atomic E-state index is 0.0384. The van der Waals surface area contributed by atoms with Crippen molar-refractivity contribution in [2.24, 2.45) is 0 Å². The fourth-order valence-electron chi connectivity index (χ4n) is 7.64. The Morgan fingerprint density at radius 3 is 1.78 bits per heavy atom. The molecule has 0 aliphatic heterocycles. The van der Waals surface area contributed by atoms with Crippen molar-refractivity contribution in [3.05, 3.63) is 182 Å². The van der Waals surface area contributed by atoms with Gasteiger partial charge in [0.1, 0.15) is 11.2 Å². The van der Waals surface area contributed by atoms with E-state index in [2.05, 4.69) is 6.07 Å². The lowest BCUT2D eigenvalue weighted by Gasteiger charge is -2.20. The summed E-state index contributed by atoms with van der Waals surface area (Å²) in [6.45, 7) is 0. The number of benzene rings is 10. The summed E-state index contributed by atoms with van der Waals surface area (Å²) in [5.74, 6) is 0. The lowest BCUT2D eigenvalue weighted by molar-refractivity contribution is 0.669. The topological polar surface area (TPSA) is 13.1 Å². The van der Waals surface area contributed by atoms with Crippen molar-refractivity contribution in [2.45, 2.75) is 0 Å². The summed E-state index contributed by atoms with van der Waals surface area (Å²) in [5.41, 5.74) is 2.75. The summed E-state index contributed by atoms with van der Waals surface area (Å²) in [5, 5.41) is 3.42. The van der Waals surface area contributed by atoms with Crippen LogP contribution in [-0.2, 0) is 0 Å². The Morgan fingerprint density at radius 1 is 0.353 bits per heavy atom. The Balaban J connectivity index is 1.31. The maximum atomic E-state index is 9.51. The van der Waals surface area contributed by atoms with E-state index >= 15 is 0 Å². The molecule has 1 heterocycles. The standard InChI is InChI=1S/C50H30O/c1-3-16-35-31(12-1)14-9-23-39(35)47-41-18-5-7-20-43(41)48(44-21-8-6-19-42(44)47)40-24-10-15-33-30-34(26-28-36(33)40)38-22-11-25-45-50(38)49-37-17-4-2-13-32(37)27-29-46(49)51-45/h1-30H/i1D,3D,5D,6D,7D,8D,9D,12D,14D,16D,18D,19D,20D,21D,23D. The van der Waals surface area contributed by atoms with Crippen LogP contribution < -0.4 is 0 Å². The first kappa shape index (κ1) is 17.3. The maximum absolute atomic E-state index is 9.51. The molecule has 1 nitrogen and oxygen atoms in total. The third-order valence-corrected chi connectivity index (χ3v) is 9.79. The van der Waals surface area contributed by atoms with Gasteiger partial charge < -0.3 is 4.42 Å². The molecule has 1 aromatic heterocycles. The molecular weight excluding hydrogens is 617 g/mol. The molecule has 0 atom stereocenters. The Labute approximate surface area is 315 Å². The second-order valence-electron chi connectivity index (χ2n) is 12.4. The van der Waals surface area contributed by atoms with E-state index in [0.29, 0.717) is 21.9 Å². The summed E-state index contributed by atoms with van der Waals surface area (Å²) in [6.07, 6.45) is 0. The zero-order chi connectivity index (χ0) is 46.5. The van der Waals surface area contributed by atoms with Gasteiger partial charge in [0, 0.05) is 10.8 Å². The Hall–Kier alpha value is -6.70. The second kappa shape index (κ2) is 10.9. The zero-order valence-electron chi connectivity index (χ0n) is 41.6. The molecule has 0 aliphatic carbocycles. The summed E-state index contributed by atoms with van der Waals surface area (Å²) < 4.78 is 142. The van der Waals surface area contributed by atoms with Crippen LogP contribution in [0.5, 0.6) is 0 Å². The Morgan fingerprint density at radius 2 is 0.980 bits per heavy atom. The van der Waals surface area contributed by atoms with E-state index in [4.69, 9.17) is 18.1 Å². The van der Waals surface area contributed by atoms with Gasteiger partial charge in [0.15, 0.2) is 0 Å². The maximum Gasteiger partial charge on any atom is 0.136 e. The van der Waals surface area contributed by atoms with E-state index in [9.17, 15) is 6.85 Å². The first-order chi connectivity index (χ1) is 31.5. The smallest absolute Gasteiger partial charge is 0.136 e. The van der Waals surface area contributed by atoms with Crippen LogP contribution in [0.4, 0.5) is 0 Å². The van der Waals surface area contributed by atoms with Crippen molar-refractivity contribution < 1.29 is 25.0 Å². The van der Waals surface area contributed by atoms with Crippen LogP contribution >= 0.6 is 0 Å². The minimum Gasteiger partial charge on any atom is -0.456 e. The molecule has 11 rings (SSSR count). The van der Waals surface area contributed by atoms with Crippen LogP contribution in [0.25, 0.3) is 109 Å². The molecule has 0 aliphatic rings. The predicted molar refractivity (Wildman–Crippen MR) is 218 cm³/mol. The molecule has 0 bridgehead atoms. The molecule has 0 amide bonds. The van der Waals surface area contributed by atoms with Crippen LogP contribution in [0.2, 0.25) is 0 Å².